The van der Waals surface area contributed by atoms with Gasteiger partial charge in [0.2, 0.25) is 5.91 Å². The van der Waals surface area contributed by atoms with Crippen LogP contribution < -0.4 is 15.5 Å². The molecule has 0 saturated heterocycles. The van der Waals surface area contributed by atoms with Crippen molar-refractivity contribution in [3.63, 3.8) is 0 Å². The van der Waals surface area contributed by atoms with Crippen molar-refractivity contribution in [2.45, 2.75) is 52.3 Å². The fourth-order valence-electron chi connectivity index (χ4n) is 3.44. The van der Waals surface area contributed by atoms with E-state index in [0.29, 0.717) is 11.4 Å². The Kier molecular flexibility index (Phi) is 6.38. The van der Waals surface area contributed by atoms with E-state index in [0.717, 1.165) is 0 Å². The van der Waals surface area contributed by atoms with Crippen LogP contribution in [0.2, 0.25) is 0 Å². The smallest absolute Gasteiger partial charge is 0.329 e. The number of esters is 1. The number of para-hydroxylation sites is 2. The van der Waals surface area contributed by atoms with Gasteiger partial charge in [-0.3, -0.25) is 19.3 Å². The van der Waals surface area contributed by atoms with Crippen LogP contribution in [0, 0.1) is 5.92 Å². The first-order valence-electron chi connectivity index (χ1n) is 10.3. The van der Waals surface area contributed by atoms with E-state index < -0.39 is 35.5 Å². The molecule has 0 bridgehead atoms. The lowest BCUT2D eigenvalue weighted by atomic mass is 9.95. The summed E-state index contributed by atoms with van der Waals surface area (Å²) in [6, 6.07) is 8.95. The Balaban J connectivity index is 1.78. The summed E-state index contributed by atoms with van der Waals surface area (Å²) < 4.78 is 10.5. The van der Waals surface area contributed by atoms with Crippen LogP contribution in [0.25, 0.3) is 0 Å². The molecule has 1 aliphatic heterocycles. The lowest BCUT2D eigenvalue weighted by Gasteiger charge is -2.42. The molecule has 170 valence electrons. The molecule has 9 nitrogen and oxygen atoms in total. The van der Waals surface area contributed by atoms with E-state index in [1.165, 1.54) is 24.2 Å². The van der Waals surface area contributed by atoms with Gasteiger partial charge in [0.1, 0.15) is 11.6 Å². The molecular formula is C23H27N3O6. The first-order chi connectivity index (χ1) is 15.0. The van der Waals surface area contributed by atoms with Crippen LogP contribution >= 0.6 is 0 Å². The molecule has 2 N–H and O–H groups in total. The normalized spacial score (nSPS) is 16.6. The second kappa shape index (κ2) is 8.86. The Hall–Kier alpha value is -3.62. The number of carbonyl (C=O) groups excluding carboxylic acids is 4. The van der Waals surface area contributed by atoms with Crippen molar-refractivity contribution >= 4 is 35.1 Å². The predicted octanol–water partition coefficient (Wildman–Crippen LogP) is 2.73. The van der Waals surface area contributed by atoms with Crippen molar-refractivity contribution in [1.29, 1.82) is 0 Å². The van der Waals surface area contributed by atoms with Crippen molar-refractivity contribution in [3.8, 4) is 0 Å². The van der Waals surface area contributed by atoms with E-state index in [1.807, 2.05) is 0 Å². The topological polar surface area (TPSA) is 118 Å². The molecule has 1 aliphatic rings. The number of rotatable bonds is 6. The summed E-state index contributed by atoms with van der Waals surface area (Å²) in [5.41, 5.74) is -0.192. The lowest BCUT2D eigenvalue weighted by molar-refractivity contribution is -0.157. The van der Waals surface area contributed by atoms with Crippen LogP contribution in [0.4, 0.5) is 11.4 Å². The third kappa shape index (κ3) is 4.37. The molecule has 1 aromatic heterocycles. The zero-order valence-electron chi connectivity index (χ0n) is 18.7. The minimum Gasteiger partial charge on any atom is -0.459 e. The molecule has 3 amide bonds. The molecule has 1 aromatic carbocycles. The van der Waals surface area contributed by atoms with Crippen LogP contribution in [0.3, 0.4) is 0 Å². The van der Waals surface area contributed by atoms with E-state index in [4.69, 9.17) is 9.15 Å². The standard InChI is InChI=1S/C23H27N3O6/c1-13(2)18(25-19(27)17-11-8-12-31-17)21(29)32-14(3)20(28)26-16-10-7-6-9-15(16)24-22(30)23(26,4)5/h6-14,18H,1-5H3,(H,24,30)(H,25,27)/t14-,18-/m0/s1. The summed E-state index contributed by atoms with van der Waals surface area (Å²) in [6.07, 6.45) is 0.162. The van der Waals surface area contributed by atoms with E-state index >= 15 is 0 Å². The Morgan fingerprint density at radius 1 is 1.09 bits per heavy atom. The number of carbonyl (C=O) groups is 4. The first kappa shape index (κ1) is 23.1. The molecule has 0 unspecified atom stereocenters. The molecule has 0 spiro atoms. The summed E-state index contributed by atoms with van der Waals surface area (Å²) in [5, 5.41) is 5.37. The van der Waals surface area contributed by atoms with E-state index in [2.05, 4.69) is 10.6 Å². The van der Waals surface area contributed by atoms with Crippen molar-refractivity contribution < 1.29 is 28.3 Å². The molecule has 2 atom stereocenters. The summed E-state index contributed by atoms with van der Waals surface area (Å²) in [6.45, 7) is 8.16. The molecule has 2 aromatic rings. The van der Waals surface area contributed by atoms with Gasteiger partial charge in [0, 0.05) is 0 Å². The monoisotopic (exact) mass is 441 g/mol. The molecule has 2 heterocycles. The highest BCUT2D eigenvalue weighted by atomic mass is 16.5. The van der Waals surface area contributed by atoms with Crippen LogP contribution in [-0.4, -0.2) is 41.4 Å². The van der Waals surface area contributed by atoms with E-state index in [9.17, 15) is 19.2 Å². The Bertz CT molecular complexity index is 1030. The number of anilines is 2. The van der Waals surface area contributed by atoms with Gasteiger partial charge in [-0.15, -0.1) is 0 Å². The number of hydrogen-bond acceptors (Lipinski definition) is 6. The van der Waals surface area contributed by atoms with Gasteiger partial charge in [-0.1, -0.05) is 26.0 Å². The van der Waals surface area contributed by atoms with Gasteiger partial charge in [0.25, 0.3) is 11.8 Å². The number of nitrogens with one attached hydrogen (secondary N) is 2. The number of furan rings is 1. The molecule has 3 rings (SSSR count). The maximum atomic E-state index is 13.3. The highest BCUT2D eigenvalue weighted by Gasteiger charge is 2.45. The summed E-state index contributed by atoms with van der Waals surface area (Å²) in [4.78, 5) is 52.4. The number of amides is 3. The maximum absolute atomic E-state index is 13.3. The second-order valence-electron chi connectivity index (χ2n) is 8.46. The molecular weight excluding hydrogens is 414 g/mol. The summed E-state index contributed by atoms with van der Waals surface area (Å²) in [5.74, 6) is -2.47. The Morgan fingerprint density at radius 3 is 2.41 bits per heavy atom. The minimum absolute atomic E-state index is 0.0604. The van der Waals surface area contributed by atoms with Crippen molar-refractivity contribution in [3.05, 3.63) is 48.4 Å². The Morgan fingerprint density at radius 2 is 1.78 bits per heavy atom. The molecule has 0 fully saturated rings. The van der Waals surface area contributed by atoms with E-state index in [-0.39, 0.29) is 17.6 Å². The molecule has 9 heteroatoms. The SMILES string of the molecule is CC(C)[C@H](NC(=O)c1ccco1)C(=O)O[C@@H](C)C(=O)N1c2ccccc2NC(=O)C1(C)C. The van der Waals surface area contributed by atoms with Gasteiger partial charge in [-0.05, 0) is 51.0 Å². The van der Waals surface area contributed by atoms with Crippen LogP contribution in [0.1, 0.15) is 45.2 Å². The first-order valence-corrected chi connectivity index (χ1v) is 10.3. The average Bonchev–Trinajstić information content (AvgIpc) is 3.27. The third-order valence-electron chi connectivity index (χ3n) is 5.32. The van der Waals surface area contributed by atoms with Crippen molar-refractivity contribution in [2.24, 2.45) is 5.92 Å². The van der Waals surface area contributed by atoms with Gasteiger partial charge >= 0.3 is 5.97 Å². The molecule has 0 saturated carbocycles. The zero-order valence-corrected chi connectivity index (χ0v) is 18.7. The largest absolute Gasteiger partial charge is 0.459 e. The van der Waals surface area contributed by atoms with Crippen molar-refractivity contribution in [1.82, 2.24) is 5.32 Å². The van der Waals surface area contributed by atoms with Crippen LogP contribution in [-0.2, 0) is 19.1 Å². The highest BCUT2D eigenvalue weighted by Crippen LogP contribution is 2.37. The van der Waals surface area contributed by atoms with Gasteiger partial charge in [-0.2, -0.15) is 0 Å². The number of nitrogens with zero attached hydrogens (tertiary/aromatic N) is 1. The fraction of sp³-hybridized carbons (Fsp3) is 0.391. The van der Waals surface area contributed by atoms with Gasteiger partial charge in [0.15, 0.2) is 11.9 Å². The van der Waals surface area contributed by atoms with Gasteiger partial charge < -0.3 is 19.8 Å². The maximum Gasteiger partial charge on any atom is 0.329 e. The summed E-state index contributed by atoms with van der Waals surface area (Å²) in [7, 11) is 0. The molecule has 32 heavy (non-hydrogen) atoms. The lowest BCUT2D eigenvalue weighted by Crippen LogP contribution is -2.61. The average molecular weight is 441 g/mol. The zero-order chi connectivity index (χ0) is 23.6. The fourth-order valence-corrected chi connectivity index (χ4v) is 3.44. The summed E-state index contributed by atoms with van der Waals surface area (Å²) >= 11 is 0. The number of ether oxygens (including phenoxy) is 1. The quantitative estimate of drug-likeness (QED) is 0.666. The third-order valence-corrected chi connectivity index (χ3v) is 5.32. The van der Waals surface area contributed by atoms with Crippen LogP contribution in [0.15, 0.2) is 47.1 Å². The Labute approximate surface area is 186 Å². The number of hydrogen-bond donors (Lipinski definition) is 2. The minimum atomic E-state index is -1.20. The number of fused-ring (bicyclic) bond motifs is 1. The molecule has 0 aliphatic carbocycles. The number of benzene rings is 1. The highest BCUT2D eigenvalue weighted by molar-refractivity contribution is 6.15. The van der Waals surface area contributed by atoms with Gasteiger partial charge in [0.05, 0.1) is 17.6 Å². The second-order valence-corrected chi connectivity index (χ2v) is 8.46. The van der Waals surface area contributed by atoms with Gasteiger partial charge in [-0.25, -0.2) is 4.79 Å². The van der Waals surface area contributed by atoms with Crippen molar-refractivity contribution in [2.75, 3.05) is 10.2 Å². The van der Waals surface area contributed by atoms with Crippen LogP contribution in [0.5, 0.6) is 0 Å². The molecule has 0 radical (unpaired) electrons. The predicted molar refractivity (Wildman–Crippen MR) is 117 cm³/mol. The van der Waals surface area contributed by atoms with E-state index in [1.54, 1.807) is 58.0 Å².